The van der Waals surface area contributed by atoms with E-state index in [0.717, 1.165) is 36.9 Å². The molecule has 6 heteroatoms. The van der Waals surface area contributed by atoms with Crippen molar-refractivity contribution >= 4 is 17.6 Å². The summed E-state index contributed by atoms with van der Waals surface area (Å²) in [5, 5.41) is -0.832. The van der Waals surface area contributed by atoms with E-state index in [0.29, 0.717) is 12.2 Å². The number of carbonyl (C=O) groups is 1. The molecule has 1 fully saturated rings. The van der Waals surface area contributed by atoms with Crippen LogP contribution in [0.3, 0.4) is 0 Å². The van der Waals surface area contributed by atoms with Crippen molar-refractivity contribution in [2.24, 2.45) is 0 Å². The van der Waals surface area contributed by atoms with Crippen molar-refractivity contribution in [3.05, 3.63) is 21.6 Å². The Morgan fingerprint density at radius 3 is 2.42 bits per heavy atom. The first-order chi connectivity index (χ1) is 11.4. The van der Waals surface area contributed by atoms with E-state index >= 15 is 0 Å². The maximum atomic E-state index is 12.3. The molecule has 0 bridgehead atoms. The molecule has 1 aromatic heterocycles. The molecule has 1 N–H and O–H groups in total. The molecule has 1 aliphatic carbocycles. The second-order valence-corrected chi connectivity index (χ2v) is 6.99. The average molecular weight is 356 g/mol. The number of carbonyl (C=O) groups excluding carboxylic acids is 1. The van der Waals surface area contributed by atoms with Gasteiger partial charge in [-0.2, -0.15) is 0 Å². The van der Waals surface area contributed by atoms with Crippen LogP contribution in [0.15, 0.2) is 4.79 Å². The summed E-state index contributed by atoms with van der Waals surface area (Å²) in [4.78, 5) is 27.0. The Kier molecular flexibility index (Phi) is 6.72. The molecule has 1 heterocycles. The van der Waals surface area contributed by atoms with Crippen LogP contribution in [-0.2, 0) is 11.2 Å². The van der Waals surface area contributed by atoms with Gasteiger partial charge in [0.25, 0.3) is 5.56 Å². The van der Waals surface area contributed by atoms with Crippen molar-refractivity contribution in [2.45, 2.75) is 77.2 Å². The van der Waals surface area contributed by atoms with Crippen LogP contribution in [-0.4, -0.2) is 22.4 Å². The molecular weight excluding hydrogens is 330 g/mol. The molecule has 0 saturated heterocycles. The molecule has 5 nitrogen and oxygen atoms in total. The zero-order valence-electron chi connectivity index (χ0n) is 14.6. The fraction of sp³-hybridized carbons (Fsp3) is 0.667. The molecule has 2 rings (SSSR count). The van der Waals surface area contributed by atoms with E-state index < -0.39 is 16.9 Å². The summed E-state index contributed by atoms with van der Waals surface area (Å²) in [6.45, 7) is 5.32. The number of aromatic amines is 1. The second-order valence-electron chi connectivity index (χ2n) is 6.34. The Morgan fingerprint density at radius 2 is 1.88 bits per heavy atom. The predicted octanol–water partition coefficient (Wildman–Crippen LogP) is 3.88. The topological polar surface area (TPSA) is 68.4 Å². The molecule has 1 aromatic rings. The van der Waals surface area contributed by atoms with Crippen LogP contribution in [0.5, 0.6) is 11.5 Å². The minimum atomic E-state index is -0.832. The molecule has 0 aromatic carbocycles. The number of rotatable bonds is 5. The zero-order valence-corrected chi connectivity index (χ0v) is 15.4. The predicted molar refractivity (Wildman–Crippen MR) is 94.2 cm³/mol. The largest absolute Gasteiger partial charge is 0.486 e. The van der Waals surface area contributed by atoms with Crippen molar-refractivity contribution in [1.29, 1.82) is 0 Å². The third-order valence-electron chi connectivity index (χ3n) is 4.41. The maximum Gasteiger partial charge on any atom is 0.329 e. The number of aryl methyl sites for hydroxylation is 1. The van der Waals surface area contributed by atoms with Crippen LogP contribution in [0.1, 0.15) is 63.6 Å². The summed E-state index contributed by atoms with van der Waals surface area (Å²) in [6, 6.07) is 0. The van der Waals surface area contributed by atoms with Crippen LogP contribution < -0.4 is 15.0 Å². The van der Waals surface area contributed by atoms with Gasteiger partial charge in [0.05, 0.1) is 6.10 Å². The van der Waals surface area contributed by atoms with Gasteiger partial charge in [0, 0.05) is 11.3 Å². The smallest absolute Gasteiger partial charge is 0.329 e. The van der Waals surface area contributed by atoms with Gasteiger partial charge < -0.3 is 14.5 Å². The quantitative estimate of drug-likeness (QED) is 0.494. The molecule has 1 atom stereocenters. The highest BCUT2D eigenvalue weighted by Gasteiger charge is 2.25. The molecule has 1 saturated carbocycles. The minimum absolute atomic E-state index is 0.0462. The van der Waals surface area contributed by atoms with E-state index in [1.54, 1.807) is 0 Å². The molecule has 134 valence electrons. The fourth-order valence-corrected chi connectivity index (χ4v) is 3.11. The van der Waals surface area contributed by atoms with E-state index in [9.17, 15) is 9.59 Å². The highest BCUT2D eigenvalue weighted by molar-refractivity contribution is 6.29. The van der Waals surface area contributed by atoms with Crippen LogP contribution >= 0.6 is 11.6 Å². The van der Waals surface area contributed by atoms with Crippen LogP contribution in [0.2, 0.25) is 0 Å². The highest BCUT2D eigenvalue weighted by atomic mass is 35.5. The summed E-state index contributed by atoms with van der Waals surface area (Å²) in [6.07, 6.45) is 7.27. The number of halogens is 1. The van der Waals surface area contributed by atoms with Crippen LogP contribution in [0, 0.1) is 6.92 Å². The first-order valence-corrected chi connectivity index (χ1v) is 9.15. The van der Waals surface area contributed by atoms with Crippen molar-refractivity contribution in [1.82, 2.24) is 4.98 Å². The fourth-order valence-electron chi connectivity index (χ4n) is 3.06. The first kappa shape index (κ1) is 18.8. The molecule has 24 heavy (non-hydrogen) atoms. The summed E-state index contributed by atoms with van der Waals surface area (Å²) in [7, 11) is 0. The lowest BCUT2D eigenvalue weighted by molar-refractivity contribution is -0.133. The number of esters is 1. The molecule has 0 spiro atoms. The van der Waals surface area contributed by atoms with Gasteiger partial charge >= 0.3 is 5.97 Å². The minimum Gasteiger partial charge on any atom is -0.486 e. The van der Waals surface area contributed by atoms with Crippen LogP contribution in [0.25, 0.3) is 0 Å². The van der Waals surface area contributed by atoms with Gasteiger partial charge in [-0.25, -0.2) is 0 Å². The summed E-state index contributed by atoms with van der Waals surface area (Å²) in [5.74, 6) is -0.325. The van der Waals surface area contributed by atoms with E-state index in [4.69, 9.17) is 21.1 Å². The van der Waals surface area contributed by atoms with Gasteiger partial charge in [-0.15, -0.1) is 11.6 Å². The van der Waals surface area contributed by atoms with E-state index in [1.165, 1.54) is 19.8 Å². The van der Waals surface area contributed by atoms with Crippen molar-refractivity contribution in [2.75, 3.05) is 0 Å². The average Bonchev–Trinajstić information content (AvgIpc) is 2.79. The molecule has 0 amide bonds. The van der Waals surface area contributed by atoms with Gasteiger partial charge in [0.15, 0.2) is 5.75 Å². The lowest BCUT2D eigenvalue weighted by Gasteiger charge is -2.22. The van der Waals surface area contributed by atoms with Crippen molar-refractivity contribution in [3.63, 3.8) is 0 Å². The molecule has 0 radical (unpaired) electrons. The summed E-state index contributed by atoms with van der Waals surface area (Å²) >= 11 is 5.77. The third-order valence-corrected chi connectivity index (χ3v) is 4.59. The Hall–Kier alpha value is -1.49. The Morgan fingerprint density at radius 1 is 1.25 bits per heavy atom. The van der Waals surface area contributed by atoms with E-state index in [1.807, 2.05) is 13.8 Å². The SMILES string of the molecule is CCc1c(C)[nH]c(=O)c(OC(=O)C(C)Cl)c1OC1CCCCCC1. The highest BCUT2D eigenvalue weighted by Crippen LogP contribution is 2.33. The second kappa shape index (κ2) is 8.56. The molecular formula is C18H26ClNO4. The number of pyridine rings is 1. The number of H-pyrrole nitrogens is 1. The molecule has 0 aliphatic heterocycles. The number of aromatic nitrogens is 1. The van der Waals surface area contributed by atoms with Gasteiger partial charge in [-0.3, -0.25) is 9.59 Å². The Bertz CT molecular complexity index is 631. The number of nitrogens with one attached hydrogen (secondary N) is 1. The standard InChI is InChI=1S/C18H26ClNO4/c1-4-14-12(3)20-17(21)16(24-18(22)11(2)19)15(14)23-13-9-7-5-6-8-10-13/h11,13H,4-10H2,1-3H3,(H,20,21). The van der Waals surface area contributed by atoms with Gasteiger partial charge in [-0.05, 0) is 46.0 Å². The monoisotopic (exact) mass is 355 g/mol. The Balaban J connectivity index is 2.40. The van der Waals surface area contributed by atoms with Crippen LogP contribution in [0.4, 0.5) is 0 Å². The Labute approximate surface area is 147 Å². The third kappa shape index (κ3) is 4.53. The van der Waals surface area contributed by atoms with Crippen molar-refractivity contribution in [3.8, 4) is 11.5 Å². The number of alkyl halides is 1. The number of hydrogen-bond donors (Lipinski definition) is 1. The van der Waals surface area contributed by atoms with E-state index in [2.05, 4.69) is 4.98 Å². The normalized spacial score (nSPS) is 17.2. The maximum absolute atomic E-state index is 12.3. The van der Waals surface area contributed by atoms with Gasteiger partial charge in [-0.1, -0.05) is 19.8 Å². The van der Waals surface area contributed by atoms with Gasteiger partial charge in [0.2, 0.25) is 5.75 Å². The summed E-state index contributed by atoms with van der Waals surface area (Å²) < 4.78 is 11.5. The van der Waals surface area contributed by atoms with Crippen molar-refractivity contribution < 1.29 is 14.3 Å². The lowest BCUT2D eigenvalue weighted by atomic mass is 10.1. The lowest BCUT2D eigenvalue weighted by Crippen LogP contribution is -2.26. The first-order valence-electron chi connectivity index (χ1n) is 8.72. The molecule has 1 unspecified atom stereocenters. The zero-order chi connectivity index (χ0) is 17.7. The number of hydrogen-bond acceptors (Lipinski definition) is 4. The molecule has 1 aliphatic rings. The number of ether oxygens (including phenoxy) is 2. The summed E-state index contributed by atoms with van der Waals surface area (Å²) in [5.41, 5.74) is 1.15. The van der Waals surface area contributed by atoms with E-state index in [-0.39, 0.29) is 11.9 Å². The van der Waals surface area contributed by atoms with Gasteiger partial charge in [0.1, 0.15) is 5.38 Å².